The van der Waals surface area contributed by atoms with Crippen LogP contribution in [0.25, 0.3) is 0 Å². The number of carbonyl (C=O) groups excluding carboxylic acids is 1. The van der Waals surface area contributed by atoms with Crippen LogP contribution >= 0.6 is 0 Å². The van der Waals surface area contributed by atoms with Crippen molar-refractivity contribution in [2.24, 2.45) is 0 Å². The Morgan fingerprint density at radius 1 is 1.33 bits per heavy atom. The number of amides is 1. The number of likely N-dealkylation sites (N-methyl/N-ethyl adjacent to an activating group) is 1. The second kappa shape index (κ2) is 7.71. The van der Waals surface area contributed by atoms with Crippen LogP contribution in [0.3, 0.4) is 0 Å². The van der Waals surface area contributed by atoms with E-state index in [4.69, 9.17) is 9.84 Å². The summed E-state index contributed by atoms with van der Waals surface area (Å²) in [5, 5.41) is 8.69. The van der Waals surface area contributed by atoms with Crippen LogP contribution in [-0.2, 0) is 11.2 Å². The van der Waals surface area contributed by atoms with Crippen molar-refractivity contribution in [3.63, 3.8) is 0 Å². The summed E-state index contributed by atoms with van der Waals surface area (Å²) >= 11 is 0. The van der Waals surface area contributed by atoms with E-state index < -0.39 is 0 Å². The number of hydrogen-bond donors (Lipinski definition) is 1. The van der Waals surface area contributed by atoms with E-state index in [9.17, 15) is 4.79 Å². The van der Waals surface area contributed by atoms with E-state index in [-0.39, 0.29) is 18.9 Å². The minimum atomic E-state index is -0.0910. The van der Waals surface area contributed by atoms with Gasteiger partial charge >= 0.3 is 0 Å². The minimum Gasteiger partial charge on any atom is -0.494 e. The molecule has 1 rings (SSSR count). The summed E-state index contributed by atoms with van der Waals surface area (Å²) in [6.45, 7) is 3.19. The first kappa shape index (κ1) is 14.5. The number of hydrogen-bond acceptors (Lipinski definition) is 3. The molecule has 0 radical (unpaired) electrons. The second-order valence-electron chi connectivity index (χ2n) is 4.12. The first-order valence-corrected chi connectivity index (χ1v) is 6.24. The zero-order valence-electron chi connectivity index (χ0n) is 11.1. The van der Waals surface area contributed by atoms with Gasteiger partial charge in [-0.15, -0.1) is 0 Å². The number of benzene rings is 1. The smallest absolute Gasteiger partial charge is 0.224 e. The van der Waals surface area contributed by atoms with Crippen molar-refractivity contribution in [2.45, 2.75) is 19.8 Å². The summed E-state index contributed by atoms with van der Waals surface area (Å²) in [4.78, 5) is 13.1. The fourth-order valence-corrected chi connectivity index (χ4v) is 1.63. The highest BCUT2D eigenvalue weighted by atomic mass is 16.5. The average Bonchev–Trinajstić information content (AvgIpc) is 2.38. The SMILES string of the molecule is CCOc1ccc(CCN(C)C(=O)CCO)cc1. The third kappa shape index (κ3) is 4.75. The standard InChI is InChI=1S/C14H21NO3/c1-3-18-13-6-4-12(5-7-13)8-10-15(2)14(17)9-11-16/h4-7,16H,3,8-11H2,1-2H3. The summed E-state index contributed by atoms with van der Waals surface area (Å²) in [6.07, 6.45) is 1.000. The minimum absolute atomic E-state index is 0.0246. The number of ether oxygens (including phenoxy) is 1. The van der Waals surface area contributed by atoms with Crippen molar-refractivity contribution >= 4 is 5.91 Å². The third-order valence-electron chi connectivity index (χ3n) is 2.72. The Bertz CT molecular complexity index is 362. The van der Waals surface area contributed by atoms with Crippen molar-refractivity contribution < 1.29 is 14.6 Å². The maximum absolute atomic E-state index is 11.4. The van der Waals surface area contributed by atoms with Gasteiger partial charge in [0.1, 0.15) is 5.75 Å². The van der Waals surface area contributed by atoms with Gasteiger partial charge in [-0.05, 0) is 31.0 Å². The van der Waals surface area contributed by atoms with Gasteiger partial charge in [0.2, 0.25) is 5.91 Å². The van der Waals surface area contributed by atoms with E-state index in [0.717, 1.165) is 12.2 Å². The van der Waals surface area contributed by atoms with Gasteiger partial charge in [0.05, 0.1) is 13.2 Å². The van der Waals surface area contributed by atoms with Gasteiger partial charge in [0, 0.05) is 20.0 Å². The van der Waals surface area contributed by atoms with Gasteiger partial charge < -0.3 is 14.7 Å². The van der Waals surface area contributed by atoms with Gasteiger partial charge in [-0.2, -0.15) is 0 Å². The van der Waals surface area contributed by atoms with Crippen LogP contribution < -0.4 is 4.74 Å². The lowest BCUT2D eigenvalue weighted by Gasteiger charge is -2.16. The lowest BCUT2D eigenvalue weighted by atomic mass is 10.1. The fraction of sp³-hybridized carbons (Fsp3) is 0.500. The molecule has 100 valence electrons. The Balaban J connectivity index is 2.41. The van der Waals surface area contributed by atoms with Crippen molar-refractivity contribution in [2.75, 3.05) is 26.8 Å². The van der Waals surface area contributed by atoms with Gasteiger partial charge in [-0.1, -0.05) is 12.1 Å². The zero-order valence-corrected chi connectivity index (χ0v) is 11.1. The highest BCUT2D eigenvalue weighted by Gasteiger charge is 2.07. The van der Waals surface area contributed by atoms with Crippen LogP contribution in [0.5, 0.6) is 5.75 Å². The molecule has 4 nitrogen and oxygen atoms in total. The summed E-state index contributed by atoms with van der Waals surface area (Å²) in [5.74, 6) is 0.842. The quantitative estimate of drug-likeness (QED) is 0.798. The van der Waals surface area contributed by atoms with Gasteiger partial charge in [-0.25, -0.2) is 0 Å². The van der Waals surface area contributed by atoms with Gasteiger partial charge in [0.25, 0.3) is 0 Å². The third-order valence-corrected chi connectivity index (χ3v) is 2.72. The zero-order chi connectivity index (χ0) is 13.4. The van der Waals surface area contributed by atoms with Gasteiger partial charge in [-0.3, -0.25) is 4.79 Å². The fourth-order valence-electron chi connectivity index (χ4n) is 1.63. The molecule has 18 heavy (non-hydrogen) atoms. The highest BCUT2D eigenvalue weighted by molar-refractivity contribution is 5.75. The Labute approximate surface area is 108 Å². The van der Waals surface area contributed by atoms with Crippen molar-refractivity contribution in [3.05, 3.63) is 29.8 Å². The molecule has 0 aliphatic carbocycles. The summed E-state index contributed by atoms with van der Waals surface area (Å²) < 4.78 is 5.36. The maximum Gasteiger partial charge on any atom is 0.224 e. The molecule has 0 aromatic heterocycles. The molecule has 0 bridgehead atoms. The van der Waals surface area contributed by atoms with Crippen molar-refractivity contribution in [1.82, 2.24) is 4.90 Å². The topological polar surface area (TPSA) is 49.8 Å². The van der Waals surface area contributed by atoms with Crippen LogP contribution in [0.4, 0.5) is 0 Å². The molecular weight excluding hydrogens is 230 g/mol. The largest absolute Gasteiger partial charge is 0.494 e. The molecule has 4 heteroatoms. The Kier molecular flexibility index (Phi) is 6.22. The van der Waals surface area contributed by atoms with Crippen molar-refractivity contribution in [3.8, 4) is 5.75 Å². The molecular formula is C14H21NO3. The molecule has 0 unspecified atom stereocenters. The molecule has 1 aromatic rings. The van der Waals surface area contributed by atoms with Gasteiger partial charge in [0.15, 0.2) is 0 Å². The number of aliphatic hydroxyl groups is 1. The molecule has 0 aliphatic rings. The van der Waals surface area contributed by atoms with E-state index >= 15 is 0 Å². The summed E-state index contributed by atoms with van der Waals surface area (Å²) in [6, 6.07) is 7.90. The molecule has 0 spiro atoms. The van der Waals surface area contributed by atoms with E-state index in [0.29, 0.717) is 13.2 Å². The number of aliphatic hydroxyl groups excluding tert-OH is 1. The molecule has 1 N–H and O–H groups in total. The number of nitrogens with zero attached hydrogens (tertiary/aromatic N) is 1. The van der Waals surface area contributed by atoms with Crippen LogP contribution in [0.1, 0.15) is 18.9 Å². The summed E-state index contributed by atoms with van der Waals surface area (Å²) in [5.41, 5.74) is 1.17. The Hall–Kier alpha value is -1.55. The molecule has 1 amide bonds. The first-order chi connectivity index (χ1) is 8.67. The summed E-state index contributed by atoms with van der Waals surface area (Å²) in [7, 11) is 1.76. The van der Waals surface area contributed by atoms with E-state index in [1.807, 2.05) is 31.2 Å². The monoisotopic (exact) mass is 251 g/mol. The molecule has 0 saturated carbocycles. The Morgan fingerprint density at radius 3 is 2.56 bits per heavy atom. The lowest BCUT2D eigenvalue weighted by Crippen LogP contribution is -2.29. The molecule has 0 saturated heterocycles. The van der Waals surface area contributed by atoms with Crippen LogP contribution in [0.2, 0.25) is 0 Å². The second-order valence-corrected chi connectivity index (χ2v) is 4.12. The predicted molar refractivity (Wildman–Crippen MR) is 70.7 cm³/mol. The lowest BCUT2D eigenvalue weighted by molar-refractivity contribution is -0.130. The molecule has 0 heterocycles. The van der Waals surface area contributed by atoms with Crippen LogP contribution in [0.15, 0.2) is 24.3 Å². The molecule has 0 fully saturated rings. The van der Waals surface area contributed by atoms with Crippen molar-refractivity contribution in [1.29, 1.82) is 0 Å². The maximum atomic E-state index is 11.4. The van der Waals surface area contributed by atoms with E-state index in [2.05, 4.69) is 0 Å². The number of carbonyl (C=O) groups is 1. The van der Waals surface area contributed by atoms with Crippen LogP contribution in [0, 0.1) is 0 Å². The van der Waals surface area contributed by atoms with Crippen LogP contribution in [-0.4, -0.2) is 42.7 Å². The first-order valence-electron chi connectivity index (χ1n) is 6.24. The van der Waals surface area contributed by atoms with E-state index in [1.165, 1.54) is 5.56 Å². The average molecular weight is 251 g/mol. The highest BCUT2D eigenvalue weighted by Crippen LogP contribution is 2.12. The number of rotatable bonds is 7. The normalized spacial score (nSPS) is 10.2. The predicted octanol–water partition coefficient (Wildman–Crippen LogP) is 1.47. The molecule has 0 aliphatic heterocycles. The Morgan fingerprint density at radius 2 is 2.00 bits per heavy atom. The van der Waals surface area contributed by atoms with E-state index in [1.54, 1.807) is 11.9 Å². The molecule has 0 atom stereocenters. The molecule has 1 aromatic carbocycles.